The highest BCUT2D eigenvalue weighted by molar-refractivity contribution is 9.10. The molecule has 0 aliphatic heterocycles. The lowest BCUT2D eigenvalue weighted by molar-refractivity contribution is 0.0993. The summed E-state index contributed by atoms with van der Waals surface area (Å²) in [7, 11) is 0. The molecule has 0 unspecified atom stereocenters. The van der Waals surface area contributed by atoms with E-state index in [4.69, 9.17) is 0 Å². The summed E-state index contributed by atoms with van der Waals surface area (Å²) in [6, 6.07) is 8.22. The van der Waals surface area contributed by atoms with Crippen LogP contribution >= 0.6 is 27.3 Å². The Balaban J connectivity index is 1.80. The molecule has 0 saturated carbocycles. The van der Waals surface area contributed by atoms with E-state index >= 15 is 0 Å². The highest BCUT2D eigenvalue weighted by atomic mass is 79.9. The first kappa shape index (κ1) is 12.1. The zero-order valence-corrected chi connectivity index (χ0v) is 12.3. The summed E-state index contributed by atoms with van der Waals surface area (Å²) in [4.78, 5) is 13.3. The smallest absolute Gasteiger partial charge is 0.168 e. The van der Waals surface area contributed by atoms with E-state index in [2.05, 4.69) is 28.1 Å². The summed E-state index contributed by atoms with van der Waals surface area (Å²) in [5.41, 5.74) is 3.65. The number of Topliss-reactive ketones (excluding diaryl/α,β-unsaturated/α-hetero) is 1. The summed E-state index contributed by atoms with van der Waals surface area (Å²) in [5.74, 6) is 0.221. The summed E-state index contributed by atoms with van der Waals surface area (Å²) in [5, 5.41) is 2.02. The largest absolute Gasteiger partial charge is 0.294 e. The molecular weight excluding hydrogens is 308 g/mol. The SMILES string of the molecule is O=C(Cc1cc(Br)cs1)c1ccc2c(c1)CCC2. The number of hydrogen-bond donors (Lipinski definition) is 0. The van der Waals surface area contributed by atoms with Gasteiger partial charge in [-0.2, -0.15) is 0 Å². The second-order valence-corrected chi connectivity index (χ2v) is 6.58. The molecule has 0 amide bonds. The molecule has 0 N–H and O–H groups in total. The zero-order valence-electron chi connectivity index (χ0n) is 9.91. The van der Waals surface area contributed by atoms with Gasteiger partial charge in [0.25, 0.3) is 0 Å². The van der Waals surface area contributed by atoms with Crippen LogP contribution < -0.4 is 0 Å². The quantitative estimate of drug-likeness (QED) is 0.765. The predicted molar refractivity (Wildman–Crippen MR) is 78.5 cm³/mol. The van der Waals surface area contributed by atoms with E-state index in [9.17, 15) is 4.79 Å². The highest BCUT2D eigenvalue weighted by Crippen LogP contribution is 2.25. The summed E-state index contributed by atoms with van der Waals surface area (Å²) >= 11 is 5.05. The second-order valence-electron chi connectivity index (χ2n) is 4.67. The molecule has 92 valence electrons. The minimum Gasteiger partial charge on any atom is -0.294 e. The summed E-state index contributed by atoms with van der Waals surface area (Å²) in [6.45, 7) is 0. The minimum absolute atomic E-state index is 0.221. The standard InChI is InChI=1S/C15H13BrOS/c16-13-7-14(18-9-13)8-15(17)12-5-4-10-2-1-3-11(10)6-12/h4-7,9H,1-3,8H2. The Bertz CT molecular complexity index is 600. The number of ketones is 1. The fraction of sp³-hybridized carbons (Fsp3) is 0.267. The fourth-order valence-electron chi connectivity index (χ4n) is 2.45. The molecule has 18 heavy (non-hydrogen) atoms. The molecule has 2 aromatic rings. The van der Waals surface area contributed by atoms with Crippen LogP contribution in [0.3, 0.4) is 0 Å². The Labute approximate surface area is 119 Å². The van der Waals surface area contributed by atoms with Gasteiger partial charge in [-0.3, -0.25) is 4.79 Å². The minimum atomic E-state index is 0.221. The number of carbonyl (C=O) groups is 1. The van der Waals surface area contributed by atoms with Crippen LogP contribution in [0.1, 0.15) is 32.8 Å². The average molecular weight is 321 g/mol. The normalized spacial score (nSPS) is 13.6. The number of aryl methyl sites for hydroxylation is 2. The van der Waals surface area contributed by atoms with E-state index in [-0.39, 0.29) is 5.78 Å². The molecule has 0 saturated heterocycles. The summed E-state index contributed by atoms with van der Waals surface area (Å²) in [6.07, 6.45) is 4.03. The van der Waals surface area contributed by atoms with E-state index in [0.717, 1.165) is 21.3 Å². The maximum Gasteiger partial charge on any atom is 0.168 e. The molecule has 0 spiro atoms. The Morgan fingerprint density at radius 1 is 1.22 bits per heavy atom. The van der Waals surface area contributed by atoms with Gasteiger partial charge in [0.2, 0.25) is 0 Å². The zero-order chi connectivity index (χ0) is 12.5. The van der Waals surface area contributed by atoms with E-state index in [1.54, 1.807) is 11.3 Å². The van der Waals surface area contributed by atoms with Crippen LogP contribution in [-0.4, -0.2) is 5.78 Å². The molecule has 1 aromatic heterocycles. The highest BCUT2D eigenvalue weighted by Gasteiger charge is 2.14. The van der Waals surface area contributed by atoms with Gasteiger partial charge in [-0.05, 0) is 58.5 Å². The van der Waals surface area contributed by atoms with Crippen molar-refractivity contribution in [1.29, 1.82) is 0 Å². The van der Waals surface area contributed by atoms with Crippen molar-refractivity contribution in [1.82, 2.24) is 0 Å². The van der Waals surface area contributed by atoms with Crippen molar-refractivity contribution >= 4 is 33.0 Å². The molecular formula is C15H13BrOS. The Morgan fingerprint density at radius 2 is 2.06 bits per heavy atom. The van der Waals surface area contributed by atoms with Crippen molar-refractivity contribution in [3.63, 3.8) is 0 Å². The van der Waals surface area contributed by atoms with Crippen molar-refractivity contribution in [2.75, 3.05) is 0 Å². The fourth-order valence-corrected chi connectivity index (χ4v) is 3.90. The molecule has 3 heteroatoms. The van der Waals surface area contributed by atoms with Crippen LogP contribution in [0.15, 0.2) is 34.1 Å². The van der Waals surface area contributed by atoms with Crippen molar-refractivity contribution in [3.05, 3.63) is 55.7 Å². The van der Waals surface area contributed by atoms with Crippen LogP contribution in [0.5, 0.6) is 0 Å². The van der Waals surface area contributed by atoms with E-state index in [1.165, 1.54) is 24.0 Å². The van der Waals surface area contributed by atoms with E-state index < -0.39 is 0 Å². The number of thiophene rings is 1. The molecule has 3 rings (SSSR count). The third kappa shape index (κ3) is 2.43. The van der Waals surface area contributed by atoms with Crippen LogP contribution in [0.2, 0.25) is 0 Å². The lowest BCUT2D eigenvalue weighted by atomic mass is 10.0. The number of benzene rings is 1. The van der Waals surface area contributed by atoms with Gasteiger partial charge in [0.1, 0.15) is 0 Å². The first-order valence-electron chi connectivity index (χ1n) is 6.10. The number of hydrogen-bond acceptors (Lipinski definition) is 2. The molecule has 0 atom stereocenters. The number of carbonyl (C=O) groups excluding carboxylic acids is 1. The van der Waals surface area contributed by atoms with Crippen LogP contribution in [0, 0.1) is 0 Å². The molecule has 1 aromatic carbocycles. The molecule has 1 nitrogen and oxygen atoms in total. The molecule has 1 aliphatic rings. The third-order valence-corrected chi connectivity index (χ3v) is 5.07. The molecule has 0 bridgehead atoms. The lowest BCUT2D eigenvalue weighted by Crippen LogP contribution is -2.03. The maximum atomic E-state index is 12.2. The van der Waals surface area contributed by atoms with E-state index in [1.807, 2.05) is 17.5 Å². The van der Waals surface area contributed by atoms with Gasteiger partial charge in [0, 0.05) is 26.7 Å². The van der Waals surface area contributed by atoms with Crippen molar-refractivity contribution in [2.24, 2.45) is 0 Å². The van der Waals surface area contributed by atoms with Crippen molar-refractivity contribution < 1.29 is 4.79 Å². The van der Waals surface area contributed by atoms with Gasteiger partial charge in [-0.1, -0.05) is 12.1 Å². The topological polar surface area (TPSA) is 17.1 Å². The van der Waals surface area contributed by atoms with Gasteiger partial charge < -0.3 is 0 Å². The third-order valence-electron chi connectivity index (χ3n) is 3.38. The predicted octanol–water partition coefficient (Wildman–Crippen LogP) is 4.42. The number of halogens is 1. The van der Waals surface area contributed by atoms with Gasteiger partial charge in [-0.15, -0.1) is 11.3 Å². The van der Waals surface area contributed by atoms with Crippen LogP contribution in [-0.2, 0) is 19.3 Å². The molecule has 1 heterocycles. The van der Waals surface area contributed by atoms with Crippen molar-refractivity contribution in [3.8, 4) is 0 Å². The first-order valence-corrected chi connectivity index (χ1v) is 7.77. The molecule has 0 fully saturated rings. The number of rotatable bonds is 3. The second kappa shape index (κ2) is 4.98. The Kier molecular flexibility index (Phi) is 3.35. The molecule has 1 aliphatic carbocycles. The van der Waals surface area contributed by atoms with Crippen molar-refractivity contribution in [2.45, 2.75) is 25.7 Å². The monoisotopic (exact) mass is 320 g/mol. The van der Waals surface area contributed by atoms with Gasteiger partial charge in [0.15, 0.2) is 5.78 Å². The van der Waals surface area contributed by atoms with E-state index in [0.29, 0.717) is 6.42 Å². The first-order chi connectivity index (χ1) is 8.72. The van der Waals surface area contributed by atoms with Gasteiger partial charge in [-0.25, -0.2) is 0 Å². The lowest BCUT2D eigenvalue weighted by Gasteiger charge is -2.03. The van der Waals surface area contributed by atoms with Gasteiger partial charge in [0.05, 0.1) is 0 Å². The maximum absolute atomic E-state index is 12.2. The Hall–Kier alpha value is -0.930. The van der Waals surface area contributed by atoms with Crippen LogP contribution in [0.4, 0.5) is 0 Å². The average Bonchev–Trinajstić information content (AvgIpc) is 2.96. The van der Waals surface area contributed by atoms with Gasteiger partial charge >= 0.3 is 0 Å². The van der Waals surface area contributed by atoms with Crippen LogP contribution in [0.25, 0.3) is 0 Å². The molecule has 0 radical (unpaired) electrons. The summed E-state index contributed by atoms with van der Waals surface area (Å²) < 4.78 is 1.06. The Morgan fingerprint density at radius 3 is 2.83 bits per heavy atom. The number of fused-ring (bicyclic) bond motifs is 1.